The van der Waals surface area contributed by atoms with E-state index in [1.54, 1.807) is 6.07 Å². The van der Waals surface area contributed by atoms with Gasteiger partial charge in [-0.1, -0.05) is 6.92 Å². The summed E-state index contributed by atoms with van der Waals surface area (Å²) >= 11 is 6.01. The van der Waals surface area contributed by atoms with Gasteiger partial charge in [-0.25, -0.2) is 0 Å². The Morgan fingerprint density at radius 1 is 1.71 bits per heavy atom. The van der Waals surface area contributed by atoms with Gasteiger partial charge in [-0.2, -0.15) is 0 Å². The lowest BCUT2D eigenvalue weighted by atomic mass is 10.5. The average Bonchev–Trinajstić information content (AvgIpc) is 2.53. The maximum absolute atomic E-state index is 10.6. The second-order valence-electron chi connectivity index (χ2n) is 2.39. The van der Waals surface area contributed by atoms with Crippen molar-refractivity contribution in [2.24, 2.45) is 0 Å². The quantitative estimate of drug-likeness (QED) is 0.813. The molecule has 1 rings (SSSR count). The number of rotatable bonds is 3. The van der Waals surface area contributed by atoms with Crippen molar-refractivity contribution in [2.75, 3.05) is 5.88 Å². The minimum Gasteiger partial charge on any atom is -0.480 e. The van der Waals surface area contributed by atoms with E-state index in [4.69, 9.17) is 16.7 Å². The van der Waals surface area contributed by atoms with Crippen molar-refractivity contribution >= 4 is 29.1 Å². The molecule has 0 spiro atoms. The zero-order valence-electron chi connectivity index (χ0n) is 7.77. The van der Waals surface area contributed by atoms with Crippen LogP contribution in [0, 0.1) is 0 Å². The molecule has 0 unspecified atom stereocenters. The summed E-state index contributed by atoms with van der Waals surface area (Å²) in [5.74, 6) is -1.29. The predicted molar refractivity (Wildman–Crippen MR) is 57.2 cm³/mol. The van der Waals surface area contributed by atoms with Crippen LogP contribution in [0.25, 0.3) is 0 Å². The first-order valence-electron chi connectivity index (χ1n) is 4.04. The molecule has 1 heterocycles. The molecule has 0 aromatic carbocycles. The Morgan fingerprint density at radius 2 is 2.29 bits per heavy atom. The Hall–Kier alpha value is -0.810. The molecule has 0 saturated heterocycles. The molecular weight excluding hydrogens is 226 g/mol. The van der Waals surface area contributed by atoms with Crippen molar-refractivity contribution in [3.63, 3.8) is 0 Å². The molecule has 6 heteroatoms. The van der Waals surface area contributed by atoms with Crippen molar-refractivity contribution in [3.05, 3.63) is 21.8 Å². The molecule has 14 heavy (non-hydrogen) atoms. The number of aryl methyl sites for hydroxylation is 1. The summed E-state index contributed by atoms with van der Waals surface area (Å²) in [7, 11) is 0. The van der Waals surface area contributed by atoms with E-state index in [1.165, 1.54) is 11.5 Å². The lowest BCUT2D eigenvalue weighted by Crippen LogP contribution is -1.92. The first-order chi connectivity index (χ1) is 6.60. The molecule has 1 N–H and O–H groups in total. The first kappa shape index (κ1) is 13.2. The summed E-state index contributed by atoms with van der Waals surface area (Å²) in [6, 6.07) is 1.60. The Balaban J connectivity index is 0.000000292. The van der Waals surface area contributed by atoms with Crippen LogP contribution in [0.4, 0.5) is 0 Å². The molecule has 0 amide bonds. The third-order valence-corrected chi connectivity index (χ3v) is 2.23. The number of carboxylic acid groups (broad SMARTS) is 1. The Bertz CT molecular complexity index is 320. The normalized spacial score (nSPS) is 9.00. The number of hydrogen-bond acceptors (Lipinski definition) is 3. The Kier molecular flexibility index (Phi) is 7.14. The standard InChI is InChI=1S/C6H9NOS.C2H3ClO2/c1-2-4-7-5-3-6(8)9-7;3-1-2(4)5/h3,5H,2,4H2,1H3;1H2,(H,4,5). The number of aromatic nitrogens is 1. The molecule has 0 radical (unpaired) electrons. The van der Waals surface area contributed by atoms with Gasteiger partial charge in [-0.05, 0) is 18.0 Å². The molecule has 1 aromatic heterocycles. The summed E-state index contributed by atoms with van der Waals surface area (Å²) in [6.07, 6.45) is 2.92. The minimum atomic E-state index is -0.980. The number of aliphatic carboxylic acids is 1. The molecular formula is C8H12ClNO3S. The Labute approximate surface area is 90.9 Å². The van der Waals surface area contributed by atoms with Crippen molar-refractivity contribution in [1.82, 2.24) is 3.96 Å². The lowest BCUT2D eigenvalue weighted by Gasteiger charge is -1.92. The molecule has 80 valence electrons. The number of nitrogens with zero attached hydrogens (tertiary/aromatic N) is 1. The van der Waals surface area contributed by atoms with Crippen molar-refractivity contribution in [1.29, 1.82) is 0 Å². The minimum absolute atomic E-state index is 0.142. The third-order valence-electron chi connectivity index (χ3n) is 1.14. The van der Waals surface area contributed by atoms with Crippen LogP contribution in [0.3, 0.4) is 0 Å². The fraction of sp³-hybridized carbons (Fsp3) is 0.500. The van der Waals surface area contributed by atoms with Gasteiger partial charge < -0.3 is 9.06 Å². The highest BCUT2D eigenvalue weighted by Gasteiger charge is 1.88. The second kappa shape index (κ2) is 7.58. The van der Waals surface area contributed by atoms with Crippen molar-refractivity contribution < 1.29 is 9.90 Å². The SMILES string of the molecule is CCCn1ccc(=O)s1.O=C(O)CCl. The zero-order chi connectivity index (χ0) is 11.0. The lowest BCUT2D eigenvalue weighted by molar-refractivity contribution is -0.134. The molecule has 0 fully saturated rings. The van der Waals surface area contributed by atoms with Gasteiger partial charge in [-0.15, -0.1) is 11.6 Å². The van der Waals surface area contributed by atoms with Gasteiger partial charge in [0.25, 0.3) is 0 Å². The Morgan fingerprint density at radius 3 is 2.57 bits per heavy atom. The van der Waals surface area contributed by atoms with E-state index in [-0.39, 0.29) is 10.6 Å². The first-order valence-corrected chi connectivity index (χ1v) is 5.35. The number of halogens is 1. The smallest absolute Gasteiger partial charge is 0.318 e. The average molecular weight is 238 g/mol. The van der Waals surface area contributed by atoms with Gasteiger partial charge in [0.2, 0.25) is 4.74 Å². The van der Waals surface area contributed by atoms with E-state index in [9.17, 15) is 9.59 Å². The van der Waals surface area contributed by atoms with Gasteiger partial charge in [0, 0.05) is 18.8 Å². The van der Waals surface area contributed by atoms with Crippen LogP contribution in [-0.4, -0.2) is 20.9 Å². The van der Waals surface area contributed by atoms with Crippen molar-refractivity contribution in [3.8, 4) is 0 Å². The molecule has 0 saturated carbocycles. The highest BCUT2D eigenvalue weighted by Crippen LogP contribution is 1.92. The summed E-state index contributed by atoms with van der Waals surface area (Å²) in [5.41, 5.74) is 0. The second-order valence-corrected chi connectivity index (χ2v) is 3.72. The topological polar surface area (TPSA) is 59.3 Å². The summed E-state index contributed by atoms with van der Waals surface area (Å²) < 4.78 is 2.09. The zero-order valence-corrected chi connectivity index (χ0v) is 9.35. The van der Waals surface area contributed by atoms with Crippen LogP contribution in [-0.2, 0) is 11.3 Å². The van der Waals surface area contributed by atoms with E-state index in [1.807, 2.05) is 10.2 Å². The van der Waals surface area contributed by atoms with E-state index in [0.29, 0.717) is 0 Å². The van der Waals surface area contributed by atoms with Crippen LogP contribution in [0.15, 0.2) is 17.1 Å². The maximum atomic E-state index is 10.6. The van der Waals surface area contributed by atoms with Gasteiger partial charge >= 0.3 is 5.97 Å². The monoisotopic (exact) mass is 237 g/mol. The van der Waals surface area contributed by atoms with Crippen LogP contribution < -0.4 is 4.74 Å². The molecule has 0 aliphatic heterocycles. The van der Waals surface area contributed by atoms with Gasteiger partial charge in [0.15, 0.2) is 0 Å². The van der Waals surface area contributed by atoms with Gasteiger partial charge in [-0.3, -0.25) is 9.59 Å². The molecule has 1 aromatic rings. The third kappa shape index (κ3) is 6.68. The van der Waals surface area contributed by atoms with Crippen molar-refractivity contribution in [2.45, 2.75) is 19.9 Å². The van der Waals surface area contributed by atoms with Gasteiger partial charge in [0.05, 0.1) is 0 Å². The molecule has 0 atom stereocenters. The highest BCUT2D eigenvalue weighted by atomic mass is 35.5. The van der Waals surface area contributed by atoms with E-state index >= 15 is 0 Å². The fourth-order valence-corrected chi connectivity index (χ4v) is 1.41. The number of carbonyl (C=O) groups is 1. The van der Waals surface area contributed by atoms with E-state index in [0.717, 1.165) is 13.0 Å². The summed E-state index contributed by atoms with van der Waals surface area (Å²) in [5, 5.41) is 7.59. The van der Waals surface area contributed by atoms with E-state index in [2.05, 4.69) is 6.92 Å². The number of carboxylic acids is 1. The van der Waals surface area contributed by atoms with Gasteiger partial charge in [0.1, 0.15) is 5.88 Å². The molecule has 0 bridgehead atoms. The summed E-state index contributed by atoms with van der Waals surface area (Å²) in [6.45, 7) is 3.06. The fourth-order valence-electron chi connectivity index (χ4n) is 0.661. The predicted octanol–water partition coefficient (Wildman–Crippen LogP) is 1.63. The highest BCUT2D eigenvalue weighted by molar-refractivity contribution is 7.03. The van der Waals surface area contributed by atoms with Crippen LogP contribution in [0.5, 0.6) is 0 Å². The molecule has 4 nitrogen and oxygen atoms in total. The van der Waals surface area contributed by atoms with E-state index < -0.39 is 5.97 Å². The largest absolute Gasteiger partial charge is 0.480 e. The van der Waals surface area contributed by atoms with Crippen LogP contribution in [0.2, 0.25) is 0 Å². The molecule has 0 aliphatic carbocycles. The maximum Gasteiger partial charge on any atom is 0.318 e. The summed E-state index contributed by atoms with van der Waals surface area (Å²) in [4.78, 5) is 19.8. The number of hydrogen-bond donors (Lipinski definition) is 1. The molecule has 0 aliphatic rings. The van der Waals surface area contributed by atoms with Crippen LogP contribution in [0.1, 0.15) is 13.3 Å². The number of alkyl halides is 1. The van der Waals surface area contributed by atoms with Crippen LogP contribution >= 0.6 is 23.1 Å².